The van der Waals surface area contributed by atoms with Crippen LogP contribution < -0.4 is 15.9 Å². The van der Waals surface area contributed by atoms with Crippen molar-refractivity contribution in [3.63, 3.8) is 0 Å². The number of aryl methyl sites for hydroxylation is 1. The molecule has 2 aromatic rings. The van der Waals surface area contributed by atoms with Crippen molar-refractivity contribution in [2.45, 2.75) is 13.5 Å². The van der Waals surface area contributed by atoms with E-state index in [1.165, 1.54) is 0 Å². The third-order valence-electron chi connectivity index (χ3n) is 2.25. The van der Waals surface area contributed by atoms with Crippen LogP contribution >= 0.6 is 11.3 Å². The highest BCUT2D eigenvalue weighted by molar-refractivity contribution is 7.07. The molecule has 4 nitrogen and oxygen atoms in total. The molecule has 0 amide bonds. The fraction of sp³-hybridized carbons (Fsp3) is 0.182. The Morgan fingerprint density at radius 1 is 1.50 bits per heavy atom. The summed E-state index contributed by atoms with van der Waals surface area (Å²) in [6.07, 6.45) is 0. The molecule has 0 bridgehead atoms. The van der Waals surface area contributed by atoms with Gasteiger partial charge in [0.15, 0.2) is 0 Å². The van der Waals surface area contributed by atoms with Gasteiger partial charge in [0.1, 0.15) is 0 Å². The van der Waals surface area contributed by atoms with Gasteiger partial charge in [0, 0.05) is 11.1 Å². The molecule has 0 spiro atoms. The first kappa shape index (κ1) is 10.8. The Balaban J connectivity index is 2.07. The molecule has 0 fully saturated rings. The molecular formula is C11H13N3OS. The van der Waals surface area contributed by atoms with E-state index in [1.54, 1.807) is 5.38 Å². The van der Waals surface area contributed by atoms with Crippen LogP contribution in [0, 0.1) is 6.92 Å². The lowest BCUT2D eigenvalue weighted by atomic mass is 10.2. The second kappa shape index (κ2) is 4.40. The Labute approximate surface area is 97.1 Å². The number of benzene rings is 1. The van der Waals surface area contributed by atoms with E-state index in [0.717, 1.165) is 34.0 Å². The van der Waals surface area contributed by atoms with Crippen LogP contribution in [-0.2, 0) is 6.54 Å². The first-order valence-corrected chi connectivity index (χ1v) is 5.80. The fourth-order valence-electron chi connectivity index (χ4n) is 1.43. The number of anilines is 2. The van der Waals surface area contributed by atoms with Crippen LogP contribution in [0.15, 0.2) is 28.4 Å². The summed E-state index contributed by atoms with van der Waals surface area (Å²) in [6.45, 7) is 2.57. The molecule has 0 unspecified atom stereocenters. The highest BCUT2D eigenvalue weighted by atomic mass is 32.1. The molecule has 84 valence electrons. The van der Waals surface area contributed by atoms with Crippen molar-refractivity contribution >= 4 is 22.7 Å². The summed E-state index contributed by atoms with van der Waals surface area (Å²) in [5, 5.41) is 4.99. The van der Waals surface area contributed by atoms with Crippen molar-refractivity contribution in [3.8, 4) is 0 Å². The Hall–Kier alpha value is -1.75. The molecule has 0 saturated heterocycles. The van der Waals surface area contributed by atoms with Gasteiger partial charge in [-0.05, 0) is 24.6 Å². The summed E-state index contributed by atoms with van der Waals surface area (Å²) in [5.74, 6) is 0. The number of hydrogen-bond acceptors (Lipinski definition) is 4. The molecule has 0 aliphatic rings. The second-order valence-corrected chi connectivity index (χ2v) is 4.46. The van der Waals surface area contributed by atoms with Gasteiger partial charge < -0.3 is 16.0 Å². The number of aromatic amines is 1. The van der Waals surface area contributed by atoms with Crippen molar-refractivity contribution in [3.05, 3.63) is 44.5 Å². The largest absolute Gasteiger partial charge is 0.397 e. The SMILES string of the molecule is Cc1ccc(NCc2csc(=O)[nH]2)c(N)c1. The smallest absolute Gasteiger partial charge is 0.304 e. The van der Waals surface area contributed by atoms with E-state index >= 15 is 0 Å². The molecule has 1 aromatic heterocycles. The van der Waals surface area contributed by atoms with Crippen LogP contribution in [0.1, 0.15) is 11.3 Å². The van der Waals surface area contributed by atoms with Gasteiger partial charge >= 0.3 is 4.87 Å². The van der Waals surface area contributed by atoms with Crippen molar-refractivity contribution in [1.82, 2.24) is 4.98 Å². The van der Waals surface area contributed by atoms with E-state index in [2.05, 4.69) is 10.3 Å². The van der Waals surface area contributed by atoms with Crippen molar-refractivity contribution in [2.24, 2.45) is 0 Å². The first-order chi connectivity index (χ1) is 7.65. The topological polar surface area (TPSA) is 70.9 Å². The summed E-state index contributed by atoms with van der Waals surface area (Å²) in [6, 6.07) is 5.85. The summed E-state index contributed by atoms with van der Waals surface area (Å²) < 4.78 is 0. The Morgan fingerprint density at radius 3 is 2.94 bits per heavy atom. The predicted octanol–water partition coefficient (Wildman–Crippen LogP) is 1.94. The average molecular weight is 235 g/mol. The molecule has 1 heterocycles. The summed E-state index contributed by atoms with van der Waals surface area (Å²) in [5.41, 5.74) is 9.47. The van der Waals surface area contributed by atoms with E-state index < -0.39 is 0 Å². The average Bonchev–Trinajstić information content (AvgIpc) is 2.63. The first-order valence-electron chi connectivity index (χ1n) is 4.92. The second-order valence-electron chi connectivity index (χ2n) is 3.62. The van der Waals surface area contributed by atoms with Gasteiger partial charge in [-0.2, -0.15) is 0 Å². The zero-order chi connectivity index (χ0) is 11.5. The van der Waals surface area contributed by atoms with Crippen LogP contribution in [-0.4, -0.2) is 4.98 Å². The van der Waals surface area contributed by atoms with Crippen LogP contribution in [0.3, 0.4) is 0 Å². The zero-order valence-electron chi connectivity index (χ0n) is 8.91. The van der Waals surface area contributed by atoms with Crippen molar-refractivity contribution < 1.29 is 0 Å². The Morgan fingerprint density at radius 2 is 2.31 bits per heavy atom. The van der Waals surface area contributed by atoms with Crippen molar-refractivity contribution in [1.29, 1.82) is 0 Å². The summed E-state index contributed by atoms with van der Waals surface area (Å²) >= 11 is 1.16. The molecule has 2 rings (SSSR count). The lowest BCUT2D eigenvalue weighted by molar-refractivity contribution is 1.06. The maximum absolute atomic E-state index is 10.9. The number of nitrogens with two attached hydrogens (primary N) is 1. The summed E-state index contributed by atoms with van der Waals surface area (Å²) in [4.78, 5) is 13.6. The van der Waals surface area contributed by atoms with E-state index in [4.69, 9.17) is 5.73 Å². The zero-order valence-corrected chi connectivity index (χ0v) is 9.73. The van der Waals surface area contributed by atoms with E-state index in [0.29, 0.717) is 6.54 Å². The minimum absolute atomic E-state index is 0.0336. The number of nitrogens with one attached hydrogen (secondary N) is 2. The van der Waals surface area contributed by atoms with Crippen LogP contribution in [0.2, 0.25) is 0 Å². The van der Waals surface area contributed by atoms with E-state index in [1.807, 2.05) is 25.1 Å². The molecular weight excluding hydrogens is 222 g/mol. The molecule has 5 heteroatoms. The highest BCUT2D eigenvalue weighted by Crippen LogP contribution is 2.19. The van der Waals surface area contributed by atoms with Gasteiger partial charge in [-0.25, -0.2) is 0 Å². The quantitative estimate of drug-likeness (QED) is 0.712. The Bertz CT molecular complexity index is 544. The molecule has 0 aliphatic heterocycles. The third kappa shape index (κ3) is 2.43. The number of aromatic nitrogens is 1. The normalized spacial score (nSPS) is 10.3. The third-order valence-corrected chi connectivity index (χ3v) is 2.97. The van der Waals surface area contributed by atoms with Gasteiger partial charge in [0.2, 0.25) is 0 Å². The van der Waals surface area contributed by atoms with Gasteiger partial charge in [0.25, 0.3) is 0 Å². The number of nitrogen functional groups attached to an aromatic ring is 1. The van der Waals surface area contributed by atoms with Gasteiger partial charge in [-0.15, -0.1) is 0 Å². The molecule has 0 atom stereocenters. The monoisotopic (exact) mass is 235 g/mol. The maximum atomic E-state index is 10.9. The lowest BCUT2D eigenvalue weighted by Crippen LogP contribution is -2.04. The van der Waals surface area contributed by atoms with Crippen LogP contribution in [0.25, 0.3) is 0 Å². The minimum atomic E-state index is -0.0336. The maximum Gasteiger partial charge on any atom is 0.304 e. The van der Waals surface area contributed by atoms with Crippen molar-refractivity contribution in [2.75, 3.05) is 11.1 Å². The molecule has 0 aliphatic carbocycles. The molecule has 0 saturated carbocycles. The minimum Gasteiger partial charge on any atom is -0.397 e. The highest BCUT2D eigenvalue weighted by Gasteiger charge is 2.00. The Kier molecular flexibility index (Phi) is 2.96. The van der Waals surface area contributed by atoms with Crippen LogP contribution in [0.4, 0.5) is 11.4 Å². The van der Waals surface area contributed by atoms with E-state index in [9.17, 15) is 4.79 Å². The number of hydrogen-bond donors (Lipinski definition) is 3. The van der Waals surface area contributed by atoms with Gasteiger partial charge in [-0.3, -0.25) is 4.79 Å². The number of rotatable bonds is 3. The summed E-state index contributed by atoms with van der Waals surface area (Å²) in [7, 11) is 0. The van der Waals surface area contributed by atoms with Gasteiger partial charge in [0.05, 0.1) is 17.9 Å². The number of thiazole rings is 1. The number of H-pyrrole nitrogens is 1. The molecule has 4 N–H and O–H groups in total. The molecule has 0 radical (unpaired) electrons. The predicted molar refractivity (Wildman–Crippen MR) is 67.9 cm³/mol. The molecule has 1 aromatic carbocycles. The van der Waals surface area contributed by atoms with Gasteiger partial charge in [-0.1, -0.05) is 17.4 Å². The van der Waals surface area contributed by atoms with E-state index in [-0.39, 0.29) is 4.87 Å². The van der Waals surface area contributed by atoms with Crippen LogP contribution in [0.5, 0.6) is 0 Å². The standard InChI is InChI=1S/C11H13N3OS/c1-7-2-3-10(9(12)4-7)13-5-8-6-16-11(15)14-8/h2-4,6,13H,5,12H2,1H3,(H,14,15). The molecule has 16 heavy (non-hydrogen) atoms. The lowest BCUT2D eigenvalue weighted by Gasteiger charge is -2.08. The fourth-order valence-corrected chi connectivity index (χ4v) is 2.02.